The van der Waals surface area contributed by atoms with Crippen LogP contribution in [0, 0.1) is 0 Å². The van der Waals surface area contributed by atoms with E-state index in [0.29, 0.717) is 0 Å². The SMILES string of the molecule is CCCCCCCC/C=C(\C=O)CC(C)OC. The molecule has 0 heterocycles. The smallest absolute Gasteiger partial charge is 0.145 e. The van der Waals surface area contributed by atoms with Gasteiger partial charge < -0.3 is 4.74 Å². The number of ether oxygens (including phenoxy) is 1. The maximum absolute atomic E-state index is 10.8. The number of allylic oxidation sites excluding steroid dienone is 1. The Hall–Kier alpha value is -0.630. The topological polar surface area (TPSA) is 26.3 Å². The minimum Gasteiger partial charge on any atom is -0.381 e. The van der Waals surface area contributed by atoms with Gasteiger partial charge in [-0.05, 0) is 25.3 Å². The standard InChI is InChI=1S/C15H28O2/c1-4-5-6-7-8-9-10-11-15(13-16)12-14(2)17-3/h11,13-14H,4-10,12H2,1-3H3/b15-11-. The zero-order valence-corrected chi connectivity index (χ0v) is 11.7. The molecule has 0 amide bonds. The predicted octanol–water partition coefficient (Wildman–Crippen LogP) is 4.29. The summed E-state index contributed by atoms with van der Waals surface area (Å²) < 4.78 is 5.15. The molecular weight excluding hydrogens is 212 g/mol. The molecule has 0 aromatic heterocycles. The summed E-state index contributed by atoms with van der Waals surface area (Å²) >= 11 is 0. The first kappa shape index (κ1) is 16.4. The summed E-state index contributed by atoms with van der Waals surface area (Å²) in [6.45, 7) is 4.22. The van der Waals surface area contributed by atoms with Crippen molar-refractivity contribution in [2.75, 3.05) is 7.11 Å². The van der Waals surface area contributed by atoms with Gasteiger partial charge in [-0.15, -0.1) is 0 Å². The van der Waals surface area contributed by atoms with Crippen molar-refractivity contribution in [2.45, 2.75) is 71.3 Å². The van der Waals surface area contributed by atoms with Gasteiger partial charge in [0.05, 0.1) is 6.10 Å². The zero-order valence-electron chi connectivity index (χ0n) is 11.7. The number of carbonyl (C=O) groups is 1. The average Bonchev–Trinajstić information content (AvgIpc) is 2.35. The first-order chi connectivity index (χ1) is 8.24. The normalized spacial score (nSPS) is 13.7. The van der Waals surface area contributed by atoms with E-state index in [1.165, 1.54) is 38.5 Å². The van der Waals surface area contributed by atoms with Crippen LogP contribution in [0.4, 0.5) is 0 Å². The van der Waals surface area contributed by atoms with E-state index in [-0.39, 0.29) is 6.10 Å². The number of rotatable bonds is 11. The van der Waals surface area contributed by atoms with Crippen LogP contribution in [0.25, 0.3) is 0 Å². The lowest BCUT2D eigenvalue weighted by atomic mass is 10.1. The lowest BCUT2D eigenvalue weighted by Crippen LogP contribution is -2.06. The summed E-state index contributed by atoms with van der Waals surface area (Å²) in [5.41, 5.74) is 0.882. The van der Waals surface area contributed by atoms with E-state index in [1.54, 1.807) is 7.11 Å². The highest BCUT2D eigenvalue weighted by atomic mass is 16.5. The van der Waals surface area contributed by atoms with Crippen molar-refractivity contribution in [3.8, 4) is 0 Å². The van der Waals surface area contributed by atoms with Crippen molar-refractivity contribution in [1.82, 2.24) is 0 Å². The monoisotopic (exact) mass is 240 g/mol. The van der Waals surface area contributed by atoms with E-state index >= 15 is 0 Å². The van der Waals surface area contributed by atoms with E-state index in [1.807, 2.05) is 6.92 Å². The highest BCUT2D eigenvalue weighted by Crippen LogP contribution is 2.11. The summed E-state index contributed by atoms with van der Waals surface area (Å²) in [6.07, 6.45) is 12.7. The Morgan fingerprint density at radius 2 is 1.82 bits per heavy atom. The molecule has 0 aromatic carbocycles. The van der Waals surface area contributed by atoms with E-state index in [9.17, 15) is 4.79 Å². The highest BCUT2D eigenvalue weighted by molar-refractivity contribution is 5.73. The second-order valence-electron chi connectivity index (χ2n) is 4.70. The van der Waals surface area contributed by atoms with Crippen molar-refractivity contribution in [2.24, 2.45) is 0 Å². The first-order valence-electron chi connectivity index (χ1n) is 6.91. The van der Waals surface area contributed by atoms with Gasteiger partial charge in [0.1, 0.15) is 6.29 Å². The molecule has 0 spiro atoms. The van der Waals surface area contributed by atoms with Gasteiger partial charge in [-0.25, -0.2) is 0 Å². The molecule has 17 heavy (non-hydrogen) atoms. The van der Waals surface area contributed by atoms with Crippen molar-refractivity contribution in [3.05, 3.63) is 11.6 Å². The third-order valence-corrected chi connectivity index (χ3v) is 3.04. The van der Waals surface area contributed by atoms with Crippen molar-refractivity contribution >= 4 is 6.29 Å². The fraction of sp³-hybridized carbons (Fsp3) is 0.800. The Morgan fingerprint density at radius 1 is 1.18 bits per heavy atom. The molecule has 100 valence electrons. The molecule has 0 aromatic rings. The summed E-state index contributed by atoms with van der Waals surface area (Å²) in [6, 6.07) is 0. The number of hydrogen-bond donors (Lipinski definition) is 0. The van der Waals surface area contributed by atoms with Crippen LogP contribution in [0.15, 0.2) is 11.6 Å². The summed E-state index contributed by atoms with van der Waals surface area (Å²) in [7, 11) is 1.68. The van der Waals surface area contributed by atoms with Crippen LogP contribution in [-0.2, 0) is 9.53 Å². The van der Waals surface area contributed by atoms with E-state index in [2.05, 4.69) is 13.0 Å². The molecule has 0 aliphatic heterocycles. The van der Waals surface area contributed by atoms with Gasteiger partial charge in [0.2, 0.25) is 0 Å². The van der Waals surface area contributed by atoms with E-state index in [0.717, 1.165) is 24.7 Å². The highest BCUT2D eigenvalue weighted by Gasteiger charge is 2.03. The van der Waals surface area contributed by atoms with Gasteiger partial charge in [-0.1, -0.05) is 45.1 Å². The fourth-order valence-corrected chi connectivity index (χ4v) is 1.81. The molecule has 0 N–H and O–H groups in total. The Balaban J connectivity index is 3.61. The van der Waals surface area contributed by atoms with Crippen LogP contribution < -0.4 is 0 Å². The maximum atomic E-state index is 10.8. The van der Waals surface area contributed by atoms with Gasteiger partial charge in [0, 0.05) is 13.5 Å². The minimum atomic E-state index is 0.135. The van der Waals surface area contributed by atoms with Crippen LogP contribution in [0.1, 0.15) is 65.2 Å². The Bertz CT molecular complexity index is 209. The zero-order chi connectivity index (χ0) is 12.9. The second-order valence-corrected chi connectivity index (χ2v) is 4.70. The van der Waals surface area contributed by atoms with Gasteiger partial charge in [0.25, 0.3) is 0 Å². The third kappa shape index (κ3) is 10.3. The van der Waals surface area contributed by atoms with E-state index in [4.69, 9.17) is 4.74 Å². The maximum Gasteiger partial charge on any atom is 0.145 e. The predicted molar refractivity (Wildman–Crippen MR) is 73.2 cm³/mol. The molecule has 0 fully saturated rings. The van der Waals surface area contributed by atoms with Crippen LogP contribution in [0.2, 0.25) is 0 Å². The van der Waals surface area contributed by atoms with Crippen LogP contribution >= 0.6 is 0 Å². The molecule has 2 nitrogen and oxygen atoms in total. The third-order valence-electron chi connectivity index (χ3n) is 3.04. The summed E-state index contributed by atoms with van der Waals surface area (Å²) in [5, 5.41) is 0. The average molecular weight is 240 g/mol. The van der Waals surface area contributed by atoms with Crippen molar-refractivity contribution in [3.63, 3.8) is 0 Å². The lowest BCUT2D eigenvalue weighted by Gasteiger charge is -2.08. The molecule has 0 saturated carbocycles. The number of methoxy groups -OCH3 is 1. The van der Waals surface area contributed by atoms with Crippen LogP contribution in [0.3, 0.4) is 0 Å². The van der Waals surface area contributed by atoms with Crippen molar-refractivity contribution in [1.29, 1.82) is 0 Å². The molecule has 1 atom stereocenters. The number of aldehydes is 1. The Morgan fingerprint density at radius 3 is 2.41 bits per heavy atom. The molecule has 0 aliphatic carbocycles. The van der Waals surface area contributed by atoms with Gasteiger partial charge >= 0.3 is 0 Å². The summed E-state index contributed by atoms with van der Waals surface area (Å²) in [4.78, 5) is 10.8. The summed E-state index contributed by atoms with van der Waals surface area (Å²) in [5.74, 6) is 0. The van der Waals surface area contributed by atoms with Gasteiger partial charge in [-0.3, -0.25) is 4.79 Å². The number of carbonyl (C=O) groups excluding carboxylic acids is 1. The molecule has 0 bridgehead atoms. The van der Waals surface area contributed by atoms with E-state index < -0.39 is 0 Å². The van der Waals surface area contributed by atoms with Crippen molar-refractivity contribution < 1.29 is 9.53 Å². The quantitative estimate of drug-likeness (QED) is 0.306. The van der Waals surface area contributed by atoms with Gasteiger partial charge in [0.15, 0.2) is 0 Å². The largest absolute Gasteiger partial charge is 0.381 e. The van der Waals surface area contributed by atoms with Crippen LogP contribution in [0.5, 0.6) is 0 Å². The molecule has 0 radical (unpaired) electrons. The van der Waals surface area contributed by atoms with Gasteiger partial charge in [-0.2, -0.15) is 0 Å². The molecule has 1 unspecified atom stereocenters. The first-order valence-corrected chi connectivity index (χ1v) is 6.91. The minimum absolute atomic E-state index is 0.135. The molecule has 0 saturated heterocycles. The number of unbranched alkanes of at least 4 members (excludes halogenated alkanes) is 6. The van der Waals surface area contributed by atoms with Crippen LogP contribution in [-0.4, -0.2) is 19.5 Å². The number of hydrogen-bond acceptors (Lipinski definition) is 2. The Labute approximate surface area is 106 Å². The Kier molecular flexibility index (Phi) is 11.4. The lowest BCUT2D eigenvalue weighted by molar-refractivity contribution is -0.105. The second kappa shape index (κ2) is 11.8. The fourth-order valence-electron chi connectivity index (χ4n) is 1.81. The molecular formula is C15H28O2. The molecule has 0 aliphatic rings. The molecule has 0 rings (SSSR count). The molecule has 2 heteroatoms.